The van der Waals surface area contributed by atoms with Crippen LogP contribution >= 0.6 is 0 Å². The van der Waals surface area contributed by atoms with E-state index < -0.39 is 0 Å². The minimum Gasteiger partial charge on any atom is -0.368 e. The van der Waals surface area contributed by atoms with E-state index >= 15 is 0 Å². The second-order valence-electron chi connectivity index (χ2n) is 9.09. The van der Waals surface area contributed by atoms with Gasteiger partial charge in [-0.3, -0.25) is 9.59 Å². The molecule has 0 aromatic heterocycles. The number of unbranched alkanes of at least 4 members (excludes halogenated alkanes) is 4. The largest absolute Gasteiger partial charge is 0.368 e. The van der Waals surface area contributed by atoms with Gasteiger partial charge in [-0.2, -0.15) is 0 Å². The Balaban J connectivity index is 1.26. The van der Waals surface area contributed by atoms with Crippen LogP contribution in [0.2, 0.25) is 0 Å². The number of hydrogen-bond acceptors (Lipinski definition) is 3. The summed E-state index contributed by atoms with van der Waals surface area (Å²) in [6.45, 7) is 5.43. The number of amides is 2. The van der Waals surface area contributed by atoms with E-state index in [1.807, 2.05) is 71.6 Å². The molecule has 3 aromatic carbocycles. The SMILES string of the molecule is CCCCCCCC(=O)N1CCN(c2ccc(NC(=O)c3ccc4ccccc4c3)cc2)CC1. The molecule has 1 N–H and O–H groups in total. The van der Waals surface area contributed by atoms with Gasteiger partial charge in [-0.25, -0.2) is 0 Å². The summed E-state index contributed by atoms with van der Waals surface area (Å²) in [6.07, 6.45) is 6.56. The zero-order valence-corrected chi connectivity index (χ0v) is 20.1. The number of piperazine rings is 1. The quantitative estimate of drug-likeness (QED) is 0.395. The molecule has 0 saturated carbocycles. The molecule has 0 unspecified atom stereocenters. The molecule has 1 fully saturated rings. The summed E-state index contributed by atoms with van der Waals surface area (Å²) in [5, 5.41) is 5.17. The molecular weight excluding hydrogens is 422 g/mol. The number of nitrogens with zero attached hydrogens (tertiary/aromatic N) is 2. The van der Waals surface area contributed by atoms with Gasteiger partial charge in [0.2, 0.25) is 5.91 Å². The predicted molar refractivity (Wildman–Crippen MR) is 141 cm³/mol. The highest BCUT2D eigenvalue weighted by atomic mass is 16.2. The Morgan fingerprint density at radius 1 is 0.794 bits per heavy atom. The van der Waals surface area contributed by atoms with Gasteiger partial charge in [-0.1, -0.05) is 62.9 Å². The molecular formula is C29H35N3O2. The highest BCUT2D eigenvalue weighted by Crippen LogP contribution is 2.21. The van der Waals surface area contributed by atoms with E-state index in [1.54, 1.807) is 0 Å². The fraction of sp³-hybridized carbons (Fsp3) is 0.379. The number of hydrogen-bond donors (Lipinski definition) is 1. The van der Waals surface area contributed by atoms with Crippen molar-refractivity contribution in [2.75, 3.05) is 36.4 Å². The van der Waals surface area contributed by atoms with E-state index in [4.69, 9.17) is 0 Å². The lowest BCUT2D eigenvalue weighted by Crippen LogP contribution is -2.48. The molecule has 4 rings (SSSR count). The van der Waals surface area contributed by atoms with Gasteiger partial charge in [0.1, 0.15) is 0 Å². The summed E-state index contributed by atoms with van der Waals surface area (Å²) < 4.78 is 0. The Labute approximate surface area is 202 Å². The van der Waals surface area contributed by atoms with Gasteiger partial charge in [0.05, 0.1) is 0 Å². The number of rotatable bonds is 9. The van der Waals surface area contributed by atoms with Crippen LogP contribution in [-0.4, -0.2) is 42.9 Å². The Morgan fingerprint density at radius 3 is 2.24 bits per heavy atom. The number of fused-ring (bicyclic) bond motifs is 1. The molecule has 0 atom stereocenters. The number of anilines is 2. The first-order valence-electron chi connectivity index (χ1n) is 12.6. The van der Waals surface area contributed by atoms with Crippen LogP contribution in [0.3, 0.4) is 0 Å². The zero-order valence-electron chi connectivity index (χ0n) is 20.1. The van der Waals surface area contributed by atoms with E-state index in [1.165, 1.54) is 19.3 Å². The van der Waals surface area contributed by atoms with Crippen molar-refractivity contribution in [2.24, 2.45) is 0 Å². The van der Waals surface area contributed by atoms with Crippen molar-refractivity contribution in [1.82, 2.24) is 4.90 Å². The first-order chi connectivity index (χ1) is 16.6. The number of nitrogens with one attached hydrogen (secondary N) is 1. The lowest BCUT2D eigenvalue weighted by molar-refractivity contribution is -0.131. The van der Waals surface area contributed by atoms with E-state index in [-0.39, 0.29) is 5.91 Å². The van der Waals surface area contributed by atoms with Crippen molar-refractivity contribution in [2.45, 2.75) is 45.4 Å². The molecule has 0 aliphatic carbocycles. The van der Waals surface area contributed by atoms with Crippen molar-refractivity contribution >= 4 is 34.0 Å². The Kier molecular flexibility index (Phi) is 8.18. The molecule has 0 radical (unpaired) electrons. The van der Waals surface area contributed by atoms with Crippen molar-refractivity contribution < 1.29 is 9.59 Å². The molecule has 5 heteroatoms. The van der Waals surface area contributed by atoms with E-state index in [0.29, 0.717) is 17.9 Å². The summed E-state index contributed by atoms with van der Waals surface area (Å²) in [6, 6.07) is 21.8. The highest BCUT2D eigenvalue weighted by Gasteiger charge is 2.21. The second kappa shape index (κ2) is 11.7. The average Bonchev–Trinajstić information content (AvgIpc) is 2.88. The minimum absolute atomic E-state index is 0.111. The summed E-state index contributed by atoms with van der Waals surface area (Å²) in [4.78, 5) is 29.5. The van der Waals surface area contributed by atoms with Gasteiger partial charge in [0.15, 0.2) is 0 Å². The molecule has 0 spiro atoms. The second-order valence-corrected chi connectivity index (χ2v) is 9.09. The van der Waals surface area contributed by atoms with Crippen LogP contribution < -0.4 is 10.2 Å². The Hall–Kier alpha value is -3.34. The van der Waals surface area contributed by atoms with Crippen LogP contribution in [0, 0.1) is 0 Å². The smallest absolute Gasteiger partial charge is 0.255 e. The summed E-state index contributed by atoms with van der Waals surface area (Å²) in [5.41, 5.74) is 2.54. The zero-order chi connectivity index (χ0) is 23.8. The molecule has 3 aromatic rings. The first kappa shape index (κ1) is 23.8. The summed E-state index contributed by atoms with van der Waals surface area (Å²) in [5.74, 6) is 0.184. The third-order valence-electron chi connectivity index (χ3n) is 6.63. The maximum absolute atomic E-state index is 12.7. The third-order valence-corrected chi connectivity index (χ3v) is 6.63. The lowest BCUT2D eigenvalue weighted by atomic mass is 10.1. The lowest BCUT2D eigenvalue weighted by Gasteiger charge is -2.36. The van der Waals surface area contributed by atoms with Crippen LogP contribution in [0.4, 0.5) is 11.4 Å². The third kappa shape index (κ3) is 6.16. The van der Waals surface area contributed by atoms with Crippen LogP contribution in [0.5, 0.6) is 0 Å². The summed E-state index contributed by atoms with van der Waals surface area (Å²) >= 11 is 0. The van der Waals surface area contributed by atoms with Crippen molar-refractivity contribution in [1.29, 1.82) is 0 Å². The van der Waals surface area contributed by atoms with Crippen LogP contribution in [0.1, 0.15) is 55.8 Å². The molecule has 1 aliphatic rings. The van der Waals surface area contributed by atoms with Crippen molar-refractivity contribution in [3.05, 3.63) is 72.3 Å². The van der Waals surface area contributed by atoms with Crippen LogP contribution in [0.15, 0.2) is 66.7 Å². The fourth-order valence-corrected chi connectivity index (χ4v) is 4.54. The summed E-state index contributed by atoms with van der Waals surface area (Å²) in [7, 11) is 0. The molecule has 1 aliphatic heterocycles. The molecule has 178 valence electrons. The molecule has 2 amide bonds. The number of benzene rings is 3. The number of carbonyl (C=O) groups is 2. The van der Waals surface area contributed by atoms with E-state index in [2.05, 4.69) is 17.1 Å². The Morgan fingerprint density at radius 2 is 1.50 bits per heavy atom. The highest BCUT2D eigenvalue weighted by molar-refractivity contribution is 6.06. The number of carbonyl (C=O) groups excluding carboxylic acids is 2. The van der Waals surface area contributed by atoms with Crippen LogP contribution in [-0.2, 0) is 4.79 Å². The minimum atomic E-state index is -0.111. The van der Waals surface area contributed by atoms with Gasteiger partial charge in [-0.05, 0) is 53.6 Å². The first-order valence-corrected chi connectivity index (χ1v) is 12.6. The average molecular weight is 458 g/mol. The standard InChI is InChI=1S/C29H35N3O2/c1-2-3-4-5-6-11-28(33)32-20-18-31(19-21-32)27-16-14-26(15-17-27)30-29(34)25-13-12-23-9-7-8-10-24(23)22-25/h7-10,12-17,22H,2-6,11,18-21H2,1H3,(H,30,34). The monoisotopic (exact) mass is 457 g/mol. The molecule has 5 nitrogen and oxygen atoms in total. The molecule has 34 heavy (non-hydrogen) atoms. The van der Waals surface area contributed by atoms with Gasteiger partial charge in [0, 0.05) is 49.5 Å². The topological polar surface area (TPSA) is 52.7 Å². The van der Waals surface area contributed by atoms with Gasteiger partial charge in [0.25, 0.3) is 5.91 Å². The normalized spacial score (nSPS) is 13.8. The van der Waals surface area contributed by atoms with Crippen molar-refractivity contribution in [3.8, 4) is 0 Å². The molecule has 1 saturated heterocycles. The van der Waals surface area contributed by atoms with Gasteiger partial charge < -0.3 is 15.1 Å². The van der Waals surface area contributed by atoms with Gasteiger partial charge in [-0.15, -0.1) is 0 Å². The van der Waals surface area contributed by atoms with E-state index in [9.17, 15) is 9.59 Å². The van der Waals surface area contributed by atoms with E-state index in [0.717, 1.165) is 61.2 Å². The fourth-order valence-electron chi connectivity index (χ4n) is 4.54. The van der Waals surface area contributed by atoms with Gasteiger partial charge >= 0.3 is 0 Å². The molecule has 0 bridgehead atoms. The van der Waals surface area contributed by atoms with Crippen LogP contribution in [0.25, 0.3) is 10.8 Å². The van der Waals surface area contributed by atoms with Crippen molar-refractivity contribution in [3.63, 3.8) is 0 Å². The maximum Gasteiger partial charge on any atom is 0.255 e. The maximum atomic E-state index is 12.7. The molecule has 1 heterocycles. The Bertz CT molecular complexity index is 1100. The predicted octanol–water partition coefficient (Wildman–Crippen LogP) is 6.10.